The van der Waals surface area contributed by atoms with E-state index in [0.717, 1.165) is 18.4 Å². The van der Waals surface area contributed by atoms with Gasteiger partial charge < -0.3 is 10.2 Å². The number of rotatable bonds is 4. The number of hydrogen-bond donors (Lipinski definition) is 1. The number of amides is 1. The summed E-state index contributed by atoms with van der Waals surface area (Å²) in [6.07, 6.45) is 3.80. The summed E-state index contributed by atoms with van der Waals surface area (Å²) >= 11 is 0. The first kappa shape index (κ1) is 12.4. The van der Waals surface area contributed by atoms with Gasteiger partial charge in [0.1, 0.15) is 11.9 Å². The number of likely N-dealkylation sites (N-methyl/N-ethyl adjacent to an activating group) is 1. The van der Waals surface area contributed by atoms with E-state index in [2.05, 4.69) is 16.4 Å². The van der Waals surface area contributed by atoms with Crippen molar-refractivity contribution in [3.8, 4) is 6.07 Å². The van der Waals surface area contributed by atoms with E-state index < -0.39 is 0 Å². The highest BCUT2D eigenvalue weighted by Gasteiger charge is 2.24. The van der Waals surface area contributed by atoms with Gasteiger partial charge in [-0.1, -0.05) is 0 Å². The normalized spacial score (nSPS) is 13.8. The van der Waals surface area contributed by atoms with Crippen molar-refractivity contribution in [3.63, 3.8) is 0 Å². The van der Waals surface area contributed by atoms with E-state index in [0.29, 0.717) is 17.4 Å². The Bertz CT molecular complexity index is 502. The Labute approximate surface area is 106 Å². The molecule has 18 heavy (non-hydrogen) atoms. The van der Waals surface area contributed by atoms with E-state index in [9.17, 15) is 4.79 Å². The molecule has 1 amide bonds. The lowest BCUT2D eigenvalue weighted by Gasteiger charge is -2.19. The van der Waals surface area contributed by atoms with Gasteiger partial charge >= 0.3 is 0 Å². The zero-order chi connectivity index (χ0) is 13.1. The molecule has 0 aliphatic heterocycles. The quantitative estimate of drug-likeness (QED) is 0.857. The van der Waals surface area contributed by atoms with Crippen LogP contribution < -0.4 is 10.2 Å². The molecule has 0 unspecified atom stereocenters. The molecule has 0 bridgehead atoms. The van der Waals surface area contributed by atoms with Crippen LogP contribution in [0.1, 0.15) is 24.0 Å². The van der Waals surface area contributed by atoms with Crippen LogP contribution in [-0.4, -0.2) is 30.5 Å². The van der Waals surface area contributed by atoms with Crippen LogP contribution in [0.2, 0.25) is 0 Å². The van der Waals surface area contributed by atoms with E-state index in [-0.39, 0.29) is 12.5 Å². The monoisotopic (exact) mass is 244 g/mol. The number of carbonyl (C=O) groups is 1. The molecule has 1 aromatic heterocycles. The third-order valence-corrected chi connectivity index (χ3v) is 2.94. The fourth-order valence-corrected chi connectivity index (χ4v) is 1.76. The number of carbonyl (C=O) groups excluding carboxylic acids is 1. The van der Waals surface area contributed by atoms with Crippen LogP contribution >= 0.6 is 0 Å². The highest BCUT2D eigenvalue weighted by Crippen LogP contribution is 2.20. The van der Waals surface area contributed by atoms with Crippen LogP contribution in [0.5, 0.6) is 0 Å². The first-order chi connectivity index (χ1) is 8.61. The summed E-state index contributed by atoms with van der Waals surface area (Å²) in [7, 11) is 1.77. The lowest BCUT2D eigenvalue weighted by molar-refractivity contribution is -0.119. The Kier molecular flexibility index (Phi) is 3.47. The Morgan fingerprint density at radius 2 is 2.39 bits per heavy atom. The predicted octanol–water partition coefficient (Wildman–Crippen LogP) is 0.977. The summed E-state index contributed by atoms with van der Waals surface area (Å²) in [5.41, 5.74) is 1.40. The lowest BCUT2D eigenvalue weighted by atomic mass is 10.1. The molecule has 0 atom stereocenters. The van der Waals surface area contributed by atoms with Crippen molar-refractivity contribution in [1.82, 2.24) is 10.3 Å². The molecular formula is C13H16N4O. The molecule has 1 aromatic rings. The number of nitrogens with zero attached hydrogens (tertiary/aromatic N) is 3. The van der Waals surface area contributed by atoms with Gasteiger partial charge in [-0.05, 0) is 31.4 Å². The number of pyridine rings is 1. The van der Waals surface area contributed by atoms with Crippen LogP contribution in [0, 0.1) is 18.3 Å². The Balaban J connectivity index is 2.08. The second-order valence-corrected chi connectivity index (χ2v) is 4.64. The Hall–Kier alpha value is -2.09. The third kappa shape index (κ3) is 2.77. The zero-order valence-corrected chi connectivity index (χ0v) is 10.6. The fraction of sp³-hybridized carbons (Fsp3) is 0.462. The summed E-state index contributed by atoms with van der Waals surface area (Å²) in [6.45, 7) is 2.09. The number of nitriles is 1. The van der Waals surface area contributed by atoms with Gasteiger partial charge in [-0.3, -0.25) is 4.79 Å². The molecule has 1 aliphatic carbocycles. The maximum absolute atomic E-state index is 11.7. The standard InChI is InChI=1S/C13H16N4O/c1-9-5-6-15-13(11(9)7-14)17(2)8-12(18)16-10-3-4-10/h5-6,10H,3-4,8H2,1-2H3,(H,16,18). The topological polar surface area (TPSA) is 69.0 Å². The van der Waals surface area contributed by atoms with Gasteiger partial charge in [-0.15, -0.1) is 0 Å². The SMILES string of the molecule is Cc1ccnc(N(C)CC(=O)NC2CC2)c1C#N. The maximum Gasteiger partial charge on any atom is 0.239 e. The minimum absolute atomic E-state index is 0.0211. The third-order valence-electron chi connectivity index (χ3n) is 2.94. The molecule has 5 heteroatoms. The fourth-order valence-electron chi connectivity index (χ4n) is 1.76. The Morgan fingerprint density at radius 1 is 1.67 bits per heavy atom. The number of hydrogen-bond acceptors (Lipinski definition) is 4. The molecular weight excluding hydrogens is 228 g/mol. The largest absolute Gasteiger partial charge is 0.352 e. The van der Waals surface area contributed by atoms with Gasteiger partial charge in [-0.2, -0.15) is 5.26 Å². The van der Waals surface area contributed by atoms with Crippen molar-refractivity contribution in [2.45, 2.75) is 25.8 Å². The first-order valence-corrected chi connectivity index (χ1v) is 5.98. The molecule has 0 radical (unpaired) electrons. The van der Waals surface area contributed by atoms with Crippen molar-refractivity contribution >= 4 is 11.7 Å². The molecule has 0 spiro atoms. The van der Waals surface area contributed by atoms with Crippen molar-refractivity contribution in [1.29, 1.82) is 5.26 Å². The van der Waals surface area contributed by atoms with Gasteiger partial charge in [0.05, 0.1) is 12.1 Å². The first-order valence-electron chi connectivity index (χ1n) is 5.98. The van der Waals surface area contributed by atoms with Gasteiger partial charge in [0, 0.05) is 19.3 Å². The molecule has 1 fully saturated rings. The second-order valence-electron chi connectivity index (χ2n) is 4.64. The number of nitrogens with one attached hydrogen (secondary N) is 1. The van der Waals surface area contributed by atoms with Crippen molar-refractivity contribution in [3.05, 3.63) is 23.4 Å². The van der Waals surface area contributed by atoms with Gasteiger partial charge in [0.15, 0.2) is 0 Å². The van der Waals surface area contributed by atoms with Crippen molar-refractivity contribution in [2.24, 2.45) is 0 Å². The molecule has 1 aliphatic rings. The minimum Gasteiger partial charge on any atom is -0.352 e. The van der Waals surface area contributed by atoms with E-state index in [1.165, 1.54) is 0 Å². The van der Waals surface area contributed by atoms with E-state index >= 15 is 0 Å². The maximum atomic E-state index is 11.7. The van der Waals surface area contributed by atoms with E-state index in [4.69, 9.17) is 5.26 Å². The van der Waals surface area contributed by atoms with Crippen LogP contribution in [0.15, 0.2) is 12.3 Å². The van der Waals surface area contributed by atoms with Crippen LogP contribution in [0.4, 0.5) is 5.82 Å². The van der Waals surface area contributed by atoms with Crippen LogP contribution in [0.25, 0.3) is 0 Å². The highest BCUT2D eigenvalue weighted by atomic mass is 16.2. The number of anilines is 1. The van der Waals surface area contributed by atoms with Crippen LogP contribution in [0.3, 0.4) is 0 Å². The molecule has 94 valence electrons. The summed E-state index contributed by atoms with van der Waals surface area (Å²) in [5, 5.41) is 12.0. The summed E-state index contributed by atoms with van der Waals surface area (Å²) < 4.78 is 0. The highest BCUT2D eigenvalue weighted by molar-refractivity contribution is 5.82. The van der Waals surface area contributed by atoms with E-state index in [1.807, 2.05) is 6.92 Å². The smallest absolute Gasteiger partial charge is 0.239 e. The van der Waals surface area contributed by atoms with Gasteiger partial charge in [0.2, 0.25) is 5.91 Å². The van der Waals surface area contributed by atoms with Gasteiger partial charge in [-0.25, -0.2) is 4.98 Å². The molecule has 1 N–H and O–H groups in total. The lowest BCUT2D eigenvalue weighted by Crippen LogP contribution is -2.36. The average Bonchev–Trinajstić information content (AvgIpc) is 3.12. The molecule has 5 nitrogen and oxygen atoms in total. The molecule has 0 aromatic carbocycles. The van der Waals surface area contributed by atoms with Gasteiger partial charge in [0.25, 0.3) is 0 Å². The van der Waals surface area contributed by atoms with Crippen molar-refractivity contribution < 1.29 is 4.79 Å². The molecule has 0 saturated heterocycles. The molecule has 1 heterocycles. The number of aryl methyl sites for hydroxylation is 1. The average molecular weight is 244 g/mol. The minimum atomic E-state index is -0.0211. The zero-order valence-electron chi connectivity index (χ0n) is 10.6. The summed E-state index contributed by atoms with van der Waals surface area (Å²) in [5.74, 6) is 0.538. The second kappa shape index (κ2) is 5.05. The summed E-state index contributed by atoms with van der Waals surface area (Å²) in [4.78, 5) is 17.6. The van der Waals surface area contributed by atoms with E-state index in [1.54, 1.807) is 24.2 Å². The Morgan fingerprint density at radius 3 is 3.00 bits per heavy atom. The summed E-state index contributed by atoms with van der Waals surface area (Å²) in [6, 6.07) is 4.28. The van der Waals surface area contributed by atoms with Crippen LogP contribution in [-0.2, 0) is 4.79 Å². The molecule has 2 rings (SSSR count). The predicted molar refractivity (Wildman–Crippen MR) is 68.1 cm³/mol. The number of aromatic nitrogens is 1. The molecule has 1 saturated carbocycles. The van der Waals surface area contributed by atoms with Crippen molar-refractivity contribution in [2.75, 3.05) is 18.5 Å².